The van der Waals surface area contributed by atoms with E-state index in [1.165, 1.54) is 0 Å². The maximum Gasteiger partial charge on any atom is 0.194 e. The van der Waals surface area contributed by atoms with Gasteiger partial charge in [-0.05, 0) is 64.5 Å². The Morgan fingerprint density at radius 1 is 0.491 bits per heavy atom. The monoisotopic (exact) mass is 708 g/mol. The molecule has 0 saturated carbocycles. The van der Waals surface area contributed by atoms with Gasteiger partial charge >= 0.3 is 0 Å². The van der Waals surface area contributed by atoms with Crippen molar-refractivity contribution >= 4 is 44.2 Å². The van der Waals surface area contributed by atoms with Crippen LogP contribution < -0.4 is 14.8 Å². The van der Waals surface area contributed by atoms with Crippen LogP contribution in [0, 0.1) is 0 Å². The molecule has 0 aliphatic carbocycles. The maximum absolute atomic E-state index is 6.86. The number of hydrogen-bond donors (Lipinski definition) is 1. The van der Waals surface area contributed by atoms with Gasteiger partial charge in [-0.2, -0.15) is 0 Å². The number of ether oxygens (including phenoxy) is 2. The van der Waals surface area contributed by atoms with E-state index in [4.69, 9.17) is 19.5 Å². The van der Waals surface area contributed by atoms with Gasteiger partial charge in [0.1, 0.15) is 17.5 Å². The molecule has 1 atom stereocenters. The largest absolute Gasteiger partial charge is 0.449 e. The number of hydrogen-bond acceptors (Lipinski definition) is 5. The molecular weight excluding hydrogens is 677 g/mol. The minimum Gasteiger partial charge on any atom is -0.449 e. The lowest BCUT2D eigenvalue weighted by Crippen LogP contribution is -2.33. The lowest BCUT2D eigenvalue weighted by atomic mass is 10.0. The van der Waals surface area contributed by atoms with Crippen molar-refractivity contribution in [2.24, 2.45) is 9.98 Å². The van der Waals surface area contributed by atoms with Crippen LogP contribution in [0.15, 0.2) is 192 Å². The van der Waals surface area contributed by atoms with Crippen molar-refractivity contribution in [3.05, 3.63) is 199 Å². The number of nitrogens with one attached hydrogen (secondary N) is 1. The predicted molar refractivity (Wildman–Crippen MR) is 222 cm³/mol. The first-order chi connectivity index (χ1) is 27.2. The summed E-state index contributed by atoms with van der Waals surface area (Å²) in [6.45, 7) is 0. The Hall–Kier alpha value is -7.44. The summed E-state index contributed by atoms with van der Waals surface area (Å²) in [6.07, 6.45) is -0.259. The third kappa shape index (κ3) is 5.26. The van der Waals surface area contributed by atoms with Crippen LogP contribution in [0.4, 0.5) is 0 Å². The molecular formula is C49H32N4O2. The van der Waals surface area contributed by atoms with Gasteiger partial charge in [-0.25, -0.2) is 9.98 Å². The molecule has 8 aromatic carbocycles. The van der Waals surface area contributed by atoms with Crippen LogP contribution in [0.3, 0.4) is 0 Å². The summed E-state index contributed by atoms with van der Waals surface area (Å²) >= 11 is 0. The molecule has 0 spiro atoms. The summed E-state index contributed by atoms with van der Waals surface area (Å²) in [5.41, 5.74) is 8.33. The number of aromatic nitrogens is 1. The Morgan fingerprint density at radius 3 is 2.04 bits per heavy atom. The van der Waals surface area contributed by atoms with Crippen molar-refractivity contribution in [2.75, 3.05) is 0 Å². The van der Waals surface area contributed by atoms with E-state index in [1.807, 2.05) is 60.7 Å². The van der Waals surface area contributed by atoms with Crippen LogP contribution in [0.1, 0.15) is 22.9 Å². The number of para-hydroxylation sites is 1. The first kappa shape index (κ1) is 31.1. The van der Waals surface area contributed by atoms with E-state index in [-0.39, 0.29) is 6.17 Å². The van der Waals surface area contributed by atoms with Gasteiger partial charge in [0.25, 0.3) is 0 Å². The van der Waals surface area contributed by atoms with Gasteiger partial charge in [-0.3, -0.25) is 0 Å². The molecule has 3 heterocycles. The van der Waals surface area contributed by atoms with E-state index in [0.29, 0.717) is 23.1 Å². The summed E-state index contributed by atoms with van der Waals surface area (Å²) in [6, 6.07) is 62.7. The van der Waals surface area contributed by atoms with Gasteiger partial charge in [0.15, 0.2) is 28.8 Å². The molecule has 1 unspecified atom stereocenters. The van der Waals surface area contributed by atoms with Crippen LogP contribution in [-0.4, -0.2) is 16.2 Å². The molecule has 0 fully saturated rings. The summed E-state index contributed by atoms with van der Waals surface area (Å²) in [4.78, 5) is 10.0. The zero-order chi connectivity index (χ0) is 36.3. The highest BCUT2D eigenvalue weighted by Gasteiger charge is 2.27. The Balaban J connectivity index is 0.984. The zero-order valence-corrected chi connectivity index (χ0v) is 29.6. The van der Waals surface area contributed by atoms with E-state index in [0.717, 1.165) is 77.7 Å². The lowest BCUT2D eigenvalue weighted by molar-refractivity contribution is 0.366. The molecule has 0 amide bonds. The fraction of sp³-hybridized carbons (Fsp3) is 0.0204. The van der Waals surface area contributed by atoms with E-state index < -0.39 is 0 Å². The standard InChI is InChI=1S/C49H32N4O2/c1-3-13-33(14-4-1)47-50-48(34-15-5-2-6-16-34)52-49(51-47)36-18-11-17-35(30-36)31-22-25-37(26-23-31)53-41-21-10-9-20-39(41)40-27-29-43-46(44(40)53)55-45-38-19-8-7-12-32(38)24-28-42(45)54-43/h1-30,47H,(H,50,51,52). The Kier molecular flexibility index (Phi) is 7.13. The second-order valence-corrected chi connectivity index (χ2v) is 13.8. The van der Waals surface area contributed by atoms with Crippen molar-refractivity contribution in [1.82, 2.24) is 9.88 Å². The highest BCUT2D eigenvalue weighted by Crippen LogP contribution is 2.52. The third-order valence-corrected chi connectivity index (χ3v) is 10.5. The van der Waals surface area contributed by atoms with E-state index >= 15 is 0 Å². The fourth-order valence-electron chi connectivity index (χ4n) is 7.85. The molecule has 2 aliphatic rings. The smallest absolute Gasteiger partial charge is 0.194 e. The molecule has 55 heavy (non-hydrogen) atoms. The normalized spacial score (nSPS) is 14.7. The molecule has 9 aromatic rings. The molecule has 6 heteroatoms. The quantitative estimate of drug-likeness (QED) is 0.194. The number of aliphatic imine (C=N–C) groups is 2. The van der Waals surface area contributed by atoms with Crippen molar-refractivity contribution in [1.29, 1.82) is 0 Å². The molecule has 1 N–H and O–H groups in total. The van der Waals surface area contributed by atoms with Crippen LogP contribution in [-0.2, 0) is 0 Å². The number of amidine groups is 2. The molecule has 1 aromatic heterocycles. The molecule has 260 valence electrons. The van der Waals surface area contributed by atoms with Crippen molar-refractivity contribution < 1.29 is 9.47 Å². The number of nitrogens with zero attached hydrogens (tertiary/aromatic N) is 3. The van der Waals surface area contributed by atoms with Gasteiger partial charge in [-0.15, -0.1) is 0 Å². The van der Waals surface area contributed by atoms with E-state index in [2.05, 4.69) is 131 Å². The molecule has 0 saturated heterocycles. The van der Waals surface area contributed by atoms with Gasteiger partial charge in [-0.1, -0.05) is 140 Å². The maximum atomic E-state index is 6.86. The molecule has 2 aliphatic heterocycles. The Bertz CT molecular complexity index is 3000. The lowest BCUT2D eigenvalue weighted by Gasteiger charge is -2.24. The first-order valence-electron chi connectivity index (χ1n) is 18.4. The molecule has 0 bridgehead atoms. The van der Waals surface area contributed by atoms with Gasteiger partial charge in [0.2, 0.25) is 0 Å². The molecule has 6 nitrogen and oxygen atoms in total. The number of fused-ring (bicyclic) bond motifs is 8. The zero-order valence-electron chi connectivity index (χ0n) is 29.6. The third-order valence-electron chi connectivity index (χ3n) is 10.5. The van der Waals surface area contributed by atoms with Crippen LogP contribution in [0.5, 0.6) is 23.0 Å². The van der Waals surface area contributed by atoms with Crippen LogP contribution >= 0.6 is 0 Å². The summed E-state index contributed by atoms with van der Waals surface area (Å²) < 4.78 is 15.7. The summed E-state index contributed by atoms with van der Waals surface area (Å²) in [5.74, 6) is 4.35. The highest BCUT2D eigenvalue weighted by atomic mass is 16.6. The second kappa shape index (κ2) is 12.6. The molecule has 11 rings (SSSR count). The van der Waals surface area contributed by atoms with Gasteiger partial charge < -0.3 is 19.4 Å². The average Bonchev–Trinajstić information content (AvgIpc) is 3.61. The fourth-order valence-corrected chi connectivity index (χ4v) is 7.85. The second-order valence-electron chi connectivity index (χ2n) is 13.8. The topological polar surface area (TPSA) is 60.1 Å². The van der Waals surface area contributed by atoms with E-state index in [9.17, 15) is 0 Å². The van der Waals surface area contributed by atoms with Crippen molar-refractivity contribution in [3.63, 3.8) is 0 Å². The SMILES string of the molecule is c1ccc(C2=NC(c3ccccc3)NC(c3cccc(-c4ccc(-n5c6ccccc6c6ccc7c(c65)Oc5c(ccc6ccccc56)O7)cc4)c3)=N2)cc1. The summed E-state index contributed by atoms with van der Waals surface area (Å²) in [7, 11) is 0. The molecule has 0 radical (unpaired) electrons. The van der Waals surface area contributed by atoms with Crippen LogP contribution in [0.25, 0.3) is 49.4 Å². The van der Waals surface area contributed by atoms with Crippen molar-refractivity contribution in [2.45, 2.75) is 6.17 Å². The van der Waals surface area contributed by atoms with Gasteiger partial charge in [0.05, 0.1) is 5.52 Å². The minimum atomic E-state index is -0.259. The first-order valence-corrected chi connectivity index (χ1v) is 18.4. The van der Waals surface area contributed by atoms with Gasteiger partial charge in [0, 0.05) is 33.0 Å². The van der Waals surface area contributed by atoms with Crippen molar-refractivity contribution in [3.8, 4) is 39.8 Å². The average molecular weight is 709 g/mol. The number of benzene rings is 8. The number of rotatable bonds is 5. The summed E-state index contributed by atoms with van der Waals surface area (Å²) in [5, 5.41) is 7.98. The predicted octanol–water partition coefficient (Wildman–Crippen LogP) is 12.0. The van der Waals surface area contributed by atoms with Crippen LogP contribution in [0.2, 0.25) is 0 Å². The van der Waals surface area contributed by atoms with E-state index in [1.54, 1.807) is 0 Å². The minimum absolute atomic E-state index is 0.259. The highest BCUT2D eigenvalue weighted by molar-refractivity contribution is 6.14. The Labute approximate surface area is 317 Å². The Morgan fingerprint density at radius 2 is 1.18 bits per heavy atom.